The molecule has 1 fully saturated rings. The molecule has 0 saturated carbocycles. The van der Waals surface area contributed by atoms with Gasteiger partial charge in [0.1, 0.15) is 11.4 Å². The number of hydrogen-bond acceptors (Lipinski definition) is 4. The molecule has 1 amide bonds. The molecule has 2 atom stereocenters. The molecule has 6 heteroatoms. The molecular formula is C19H25N3O3. The first-order valence-electron chi connectivity index (χ1n) is 8.66. The fourth-order valence-corrected chi connectivity index (χ4v) is 3.31. The van der Waals surface area contributed by atoms with Crippen LogP contribution in [-0.4, -0.2) is 52.0 Å². The van der Waals surface area contributed by atoms with Gasteiger partial charge in [-0.15, -0.1) is 0 Å². The van der Waals surface area contributed by atoms with E-state index in [9.17, 15) is 9.90 Å². The molecule has 0 spiro atoms. The summed E-state index contributed by atoms with van der Waals surface area (Å²) in [5.41, 5.74) is 2.31. The average molecular weight is 343 g/mol. The highest BCUT2D eigenvalue weighted by Gasteiger charge is 2.30. The van der Waals surface area contributed by atoms with Crippen molar-refractivity contribution >= 4 is 5.91 Å². The summed E-state index contributed by atoms with van der Waals surface area (Å²) in [5.74, 6) is 0.773. The number of benzene rings is 1. The van der Waals surface area contributed by atoms with Gasteiger partial charge in [-0.05, 0) is 56.4 Å². The maximum atomic E-state index is 12.9. The lowest BCUT2D eigenvalue weighted by atomic mass is 9.94. The second kappa shape index (κ2) is 7.27. The number of methoxy groups -OCH3 is 1. The zero-order valence-electron chi connectivity index (χ0n) is 15.0. The lowest BCUT2D eigenvalue weighted by Crippen LogP contribution is -2.46. The standard InChI is InChI=1S/C19H25N3O3/c1-13-4-7-18(25-3)17(10-13)22-9-8-16(20-22)19(24)21-11-15(12-23)6-5-14(21)2/h4,7-10,14-15,23H,5-6,11-12H2,1-3H3. The van der Waals surface area contributed by atoms with E-state index in [1.54, 1.807) is 24.1 Å². The Labute approximate surface area is 148 Å². The molecule has 2 heterocycles. The molecule has 1 aliphatic heterocycles. The van der Waals surface area contributed by atoms with Gasteiger partial charge in [-0.2, -0.15) is 5.10 Å². The largest absolute Gasteiger partial charge is 0.494 e. The van der Waals surface area contributed by atoms with Crippen LogP contribution < -0.4 is 4.74 Å². The smallest absolute Gasteiger partial charge is 0.274 e. The normalized spacial score (nSPS) is 20.6. The Morgan fingerprint density at radius 3 is 2.88 bits per heavy atom. The minimum Gasteiger partial charge on any atom is -0.494 e. The first kappa shape index (κ1) is 17.5. The van der Waals surface area contributed by atoms with E-state index in [1.165, 1.54) is 0 Å². The van der Waals surface area contributed by atoms with Gasteiger partial charge in [0.2, 0.25) is 0 Å². The minimum absolute atomic E-state index is 0.0870. The SMILES string of the molecule is COc1ccc(C)cc1-n1ccc(C(=O)N2CC(CO)CCC2C)n1. The van der Waals surface area contributed by atoms with Gasteiger partial charge in [0, 0.05) is 25.4 Å². The molecular weight excluding hydrogens is 318 g/mol. The number of rotatable bonds is 4. The van der Waals surface area contributed by atoms with Crippen molar-refractivity contribution in [2.45, 2.75) is 32.7 Å². The summed E-state index contributed by atoms with van der Waals surface area (Å²) < 4.78 is 7.08. The molecule has 2 aromatic rings. The van der Waals surface area contributed by atoms with Crippen LogP contribution in [0.3, 0.4) is 0 Å². The van der Waals surface area contributed by atoms with Gasteiger partial charge in [0.15, 0.2) is 5.69 Å². The van der Waals surface area contributed by atoms with E-state index in [0.29, 0.717) is 18.0 Å². The third-order valence-electron chi connectivity index (χ3n) is 4.89. The first-order chi connectivity index (χ1) is 12.0. The second-order valence-electron chi connectivity index (χ2n) is 6.75. The van der Waals surface area contributed by atoms with Crippen LogP contribution in [0, 0.1) is 12.8 Å². The number of aliphatic hydroxyl groups is 1. The lowest BCUT2D eigenvalue weighted by Gasteiger charge is -2.37. The van der Waals surface area contributed by atoms with Gasteiger partial charge < -0.3 is 14.7 Å². The van der Waals surface area contributed by atoms with Crippen LogP contribution in [0.25, 0.3) is 5.69 Å². The highest BCUT2D eigenvalue weighted by atomic mass is 16.5. The average Bonchev–Trinajstić information content (AvgIpc) is 3.11. The van der Waals surface area contributed by atoms with Crippen LogP contribution in [0.2, 0.25) is 0 Å². The third kappa shape index (κ3) is 3.54. The molecule has 3 rings (SSSR count). The Bertz CT molecular complexity index is 756. The number of piperidine rings is 1. The molecule has 1 N–H and O–H groups in total. The van der Waals surface area contributed by atoms with Gasteiger partial charge >= 0.3 is 0 Å². The number of aryl methyl sites for hydroxylation is 1. The van der Waals surface area contributed by atoms with Gasteiger partial charge in [-0.1, -0.05) is 6.07 Å². The third-order valence-corrected chi connectivity index (χ3v) is 4.89. The maximum absolute atomic E-state index is 12.9. The predicted octanol–water partition coefficient (Wildman–Crippen LogP) is 2.42. The van der Waals surface area contributed by atoms with Gasteiger partial charge in [0.05, 0.1) is 7.11 Å². The van der Waals surface area contributed by atoms with E-state index in [-0.39, 0.29) is 24.5 Å². The minimum atomic E-state index is -0.0870. The van der Waals surface area contributed by atoms with Crippen molar-refractivity contribution in [3.8, 4) is 11.4 Å². The molecule has 134 valence electrons. The summed E-state index contributed by atoms with van der Waals surface area (Å²) in [6, 6.07) is 7.74. The van der Waals surface area contributed by atoms with E-state index in [1.807, 2.05) is 36.9 Å². The molecule has 1 aromatic carbocycles. The Hall–Kier alpha value is -2.34. The van der Waals surface area contributed by atoms with Crippen LogP contribution in [0.15, 0.2) is 30.5 Å². The molecule has 25 heavy (non-hydrogen) atoms. The molecule has 0 aliphatic carbocycles. The Morgan fingerprint density at radius 2 is 2.16 bits per heavy atom. The highest BCUT2D eigenvalue weighted by Crippen LogP contribution is 2.25. The fourth-order valence-electron chi connectivity index (χ4n) is 3.31. The number of amides is 1. The topological polar surface area (TPSA) is 67.6 Å². The Morgan fingerprint density at radius 1 is 1.36 bits per heavy atom. The van der Waals surface area contributed by atoms with Crippen molar-refractivity contribution in [1.82, 2.24) is 14.7 Å². The van der Waals surface area contributed by atoms with Crippen LogP contribution in [0.4, 0.5) is 0 Å². The summed E-state index contributed by atoms with van der Waals surface area (Å²) >= 11 is 0. The Balaban J connectivity index is 1.86. The van der Waals surface area contributed by atoms with Crippen LogP contribution in [-0.2, 0) is 0 Å². The van der Waals surface area contributed by atoms with Crippen LogP contribution in [0.5, 0.6) is 5.75 Å². The number of likely N-dealkylation sites (tertiary alicyclic amines) is 1. The highest BCUT2D eigenvalue weighted by molar-refractivity contribution is 5.92. The van der Waals surface area contributed by atoms with Crippen molar-refractivity contribution in [2.75, 3.05) is 20.3 Å². The van der Waals surface area contributed by atoms with Crippen molar-refractivity contribution in [1.29, 1.82) is 0 Å². The van der Waals surface area contributed by atoms with E-state index >= 15 is 0 Å². The molecule has 1 aliphatic rings. The second-order valence-corrected chi connectivity index (χ2v) is 6.75. The van der Waals surface area contributed by atoms with E-state index in [2.05, 4.69) is 5.10 Å². The number of hydrogen-bond donors (Lipinski definition) is 1. The summed E-state index contributed by atoms with van der Waals surface area (Å²) in [7, 11) is 1.62. The number of aromatic nitrogens is 2. The van der Waals surface area contributed by atoms with E-state index < -0.39 is 0 Å². The number of carbonyl (C=O) groups is 1. The van der Waals surface area contributed by atoms with Crippen LogP contribution in [0.1, 0.15) is 35.8 Å². The Kier molecular flexibility index (Phi) is 5.08. The zero-order valence-corrected chi connectivity index (χ0v) is 15.0. The van der Waals surface area contributed by atoms with Crippen molar-refractivity contribution in [2.24, 2.45) is 5.92 Å². The molecule has 0 radical (unpaired) electrons. The predicted molar refractivity (Wildman–Crippen MR) is 95.2 cm³/mol. The van der Waals surface area contributed by atoms with E-state index in [4.69, 9.17) is 4.74 Å². The molecule has 1 aromatic heterocycles. The monoisotopic (exact) mass is 343 g/mol. The zero-order chi connectivity index (χ0) is 18.0. The molecule has 0 bridgehead atoms. The number of carbonyl (C=O) groups excluding carboxylic acids is 1. The maximum Gasteiger partial charge on any atom is 0.274 e. The summed E-state index contributed by atoms with van der Waals surface area (Å²) in [6.07, 6.45) is 3.64. The lowest BCUT2D eigenvalue weighted by molar-refractivity contribution is 0.0483. The number of aliphatic hydroxyl groups excluding tert-OH is 1. The quantitative estimate of drug-likeness (QED) is 0.926. The van der Waals surface area contributed by atoms with Gasteiger partial charge in [-0.25, -0.2) is 4.68 Å². The van der Waals surface area contributed by atoms with Crippen LogP contribution >= 0.6 is 0 Å². The fraction of sp³-hybridized carbons (Fsp3) is 0.474. The summed E-state index contributed by atoms with van der Waals surface area (Å²) in [5, 5.41) is 13.9. The number of nitrogens with zero attached hydrogens (tertiary/aromatic N) is 3. The van der Waals surface area contributed by atoms with Gasteiger partial charge in [0.25, 0.3) is 5.91 Å². The summed E-state index contributed by atoms with van der Waals surface area (Å²) in [4.78, 5) is 14.7. The van der Waals surface area contributed by atoms with Crippen molar-refractivity contribution < 1.29 is 14.6 Å². The van der Waals surface area contributed by atoms with Crippen molar-refractivity contribution in [3.63, 3.8) is 0 Å². The molecule has 6 nitrogen and oxygen atoms in total. The van der Waals surface area contributed by atoms with Crippen molar-refractivity contribution in [3.05, 3.63) is 41.7 Å². The number of ether oxygens (including phenoxy) is 1. The molecule has 1 saturated heterocycles. The molecule has 2 unspecified atom stereocenters. The first-order valence-corrected chi connectivity index (χ1v) is 8.66. The van der Waals surface area contributed by atoms with Gasteiger partial charge in [-0.3, -0.25) is 4.79 Å². The van der Waals surface area contributed by atoms with E-state index in [0.717, 1.165) is 24.1 Å². The summed E-state index contributed by atoms with van der Waals surface area (Å²) in [6.45, 7) is 4.75.